The SMILES string of the molecule is CNC(CCOc1ccccc1)c1cnc(C(F)(F)F)s1. The lowest BCUT2D eigenvalue weighted by Gasteiger charge is -2.14. The highest BCUT2D eigenvalue weighted by Gasteiger charge is 2.35. The minimum atomic E-state index is -4.39. The molecule has 2 aromatic rings. The molecule has 0 bridgehead atoms. The largest absolute Gasteiger partial charge is 0.494 e. The summed E-state index contributed by atoms with van der Waals surface area (Å²) in [7, 11) is 1.71. The number of aromatic nitrogens is 1. The van der Waals surface area contributed by atoms with Gasteiger partial charge in [0.05, 0.1) is 6.61 Å². The van der Waals surface area contributed by atoms with Gasteiger partial charge in [-0.1, -0.05) is 18.2 Å². The van der Waals surface area contributed by atoms with Crippen molar-refractivity contribution in [1.29, 1.82) is 0 Å². The van der Waals surface area contributed by atoms with E-state index in [1.807, 2.05) is 30.3 Å². The van der Waals surface area contributed by atoms with Crippen molar-refractivity contribution < 1.29 is 17.9 Å². The molecule has 1 unspecified atom stereocenters. The van der Waals surface area contributed by atoms with Gasteiger partial charge in [-0.15, -0.1) is 11.3 Å². The number of rotatable bonds is 6. The van der Waals surface area contributed by atoms with Crippen molar-refractivity contribution in [3.05, 3.63) is 46.4 Å². The van der Waals surface area contributed by atoms with E-state index < -0.39 is 11.2 Å². The zero-order chi connectivity index (χ0) is 15.3. The van der Waals surface area contributed by atoms with E-state index in [1.165, 1.54) is 6.20 Å². The molecule has 0 aliphatic rings. The topological polar surface area (TPSA) is 34.1 Å². The molecule has 114 valence electrons. The van der Waals surface area contributed by atoms with Crippen molar-refractivity contribution >= 4 is 11.3 Å². The summed E-state index contributed by atoms with van der Waals surface area (Å²) in [5.41, 5.74) is 0. The quantitative estimate of drug-likeness (QED) is 0.878. The molecule has 0 spiro atoms. The van der Waals surface area contributed by atoms with Crippen LogP contribution in [0.5, 0.6) is 5.75 Å². The van der Waals surface area contributed by atoms with Gasteiger partial charge in [-0.05, 0) is 19.2 Å². The van der Waals surface area contributed by atoms with E-state index >= 15 is 0 Å². The van der Waals surface area contributed by atoms with Gasteiger partial charge in [0.1, 0.15) is 5.75 Å². The molecule has 21 heavy (non-hydrogen) atoms. The number of thiazole rings is 1. The Labute approximate surface area is 124 Å². The number of benzene rings is 1. The van der Waals surface area contributed by atoms with Gasteiger partial charge >= 0.3 is 6.18 Å². The van der Waals surface area contributed by atoms with Crippen LogP contribution in [0.3, 0.4) is 0 Å². The zero-order valence-corrected chi connectivity index (χ0v) is 12.2. The minimum Gasteiger partial charge on any atom is -0.494 e. The molecule has 1 aromatic heterocycles. The second kappa shape index (κ2) is 6.91. The maximum Gasteiger partial charge on any atom is 0.443 e. The van der Waals surface area contributed by atoms with E-state index in [1.54, 1.807) is 7.05 Å². The fourth-order valence-electron chi connectivity index (χ4n) is 1.82. The van der Waals surface area contributed by atoms with E-state index in [4.69, 9.17) is 4.74 Å². The summed E-state index contributed by atoms with van der Waals surface area (Å²) in [6, 6.07) is 9.08. The fourth-order valence-corrected chi connectivity index (χ4v) is 2.75. The Hall–Kier alpha value is -1.60. The predicted octanol–water partition coefficient (Wildman–Crippen LogP) is 3.89. The second-order valence-corrected chi connectivity index (χ2v) is 5.42. The summed E-state index contributed by atoms with van der Waals surface area (Å²) in [5, 5.41) is 2.17. The lowest BCUT2D eigenvalue weighted by atomic mass is 10.2. The number of nitrogens with zero attached hydrogens (tertiary/aromatic N) is 1. The van der Waals surface area contributed by atoms with Gasteiger partial charge in [-0.2, -0.15) is 13.2 Å². The van der Waals surface area contributed by atoms with Gasteiger partial charge in [-0.25, -0.2) is 4.98 Å². The number of ether oxygens (including phenoxy) is 1. The monoisotopic (exact) mass is 316 g/mol. The van der Waals surface area contributed by atoms with Crippen LogP contribution in [-0.4, -0.2) is 18.6 Å². The molecule has 0 aliphatic heterocycles. The number of hydrogen-bond acceptors (Lipinski definition) is 4. The van der Waals surface area contributed by atoms with E-state index in [2.05, 4.69) is 10.3 Å². The molecular formula is C14H15F3N2OS. The van der Waals surface area contributed by atoms with Crippen LogP contribution < -0.4 is 10.1 Å². The summed E-state index contributed by atoms with van der Waals surface area (Å²) in [6.07, 6.45) is -2.55. The molecule has 1 aromatic carbocycles. The van der Waals surface area contributed by atoms with Crippen LogP contribution in [0.25, 0.3) is 0 Å². The van der Waals surface area contributed by atoms with Gasteiger partial charge in [0.2, 0.25) is 0 Å². The van der Waals surface area contributed by atoms with Crippen molar-refractivity contribution in [2.24, 2.45) is 0 Å². The predicted molar refractivity (Wildman–Crippen MR) is 75.5 cm³/mol. The third-order valence-electron chi connectivity index (χ3n) is 2.88. The maximum absolute atomic E-state index is 12.5. The summed E-state index contributed by atoms with van der Waals surface area (Å²) in [4.78, 5) is 3.99. The molecule has 2 rings (SSSR count). The molecule has 1 atom stereocenters. The van der Waals surface area contributed by atoms with Gasteiger partial charge in [0.25, 0.3) is 0 Å². The Morgan fingerprint density at radius 1 is 1.29 bits per heavy atom. The fraction of sp³-hybridized carbons (Fsp3) is 0.357. The van der Waals surface area contributed by atoms with Crippen molar-refractivity contribution in [3.63, 3.8) is 0 Å². The number of alkyl halides is 3. The Balaban J connectivity index is 1.92. The molecule has 0 radical (unpaired) electrons. The maximum atomic E-state index is 12.5. The van der Waals surface area contributed by atoms with Crippen LogP contribution in [0, 0.1) is 0 Å². The first-order valence-electron chi connectivity index (χ1n) is 6.38. The highest BCUT2D eigenvalue weighted by molar-refractivity contribution is 7.11. The Kier molecular flexibility index (Phi) is 5.19. The Bertz CT molecular complexity index is 557. The molecule has 1 N–H and O–H groups in total. The van der Waals surface area contributed by atoms with Crippen LogP contribution in [0.2, 0.25) is 0 Å². The smallest absolute Gasteiger partial charge is 0.443 e. The highest BCUT2D eigenvalue weighted by Crippen LogP contribution is 2.34. The third-order valence-corrected chi connectivity index (χ3v) is 4.03. The number of hydrogen-bond donors (Lipinski definition) is 1. The van der Waals surface area contributed by atoms with Crippen LogP contribution >= 0.6 is 11.3 Å². The van der Waals surface area contributed by atoms with Crippen LogP contribution in [0.1, 0.15) is 22.3 Å². The Morgan fingerprint density at radius 2 is 2.00 bits per heavy atom. The molecule has 0 saturated carbocycles. The van der Waals surface area contributed by atoms with Crippen LogP contribution in [0.15, 0.2) is 36.5 Å². The molecule has 0 aliphatic carbocycles. The molecular weight excluding hydrogens is 301 g/mol. The highest BCUT2D eigenvalue weighted by atomic mass is 32.1. The van der Waals surface area contributed by atoms with E-state index in [9.17, 15) is 13.2 Å². The standard InChI is InChI=1S/C14H15F3N2OS/c1-18-11(7-8-20-10-5-3-2-4-6-10)12-9-19-13(21-12)14(15,16)17/h2-6,9,11,18H,7-8H2,1H3. The van der Waals surface area contributed by atoms with Gasteiger partial charge in [0, 0.05) is 23.5 Å². The molecule has 1 heterocycles. The van der Waals surface area contributed by atoms with Gasteiger partial charge in [-0.3, -0.25) is 0 Å². The van der Waals surface area contributed by atoms with Crippen molar-refractivity contribution in [3.8, 4) is 5.75 Å². The number of para-hydroxylation sites is 1. The number of halogens is 3. The summed E-state index contributed by atoms with van der Waals surface area (Å²) < 4.78 is 43.2. The lowest BCUT2D eigenvalue weighted by Crippen LogP contribution is -2.18. The first-order valence-corrected chi connectivity index (χ1v) is 7.20. The van der Waals surface area contributed by atoms with E-state index in [-0.39, 0.29) is 6.04 Å². The average Bonchev–Trinajstić information content (AvgIpc) is 2.94. The molecule has 3 nitrogen and oxygen atoms in total. The van der Waals surface area contributed by atoms with E-state index in [0.29, 0.717) is 29.2 Å². The summed E-state index contributed by atoms with van der Waals surface area (Å²) >= 11 is 0.665. The summed E-state index contributed by atoms with van der Waals surface area (Å²) in [6.45, 7) is 0.411. The van der Waals surface area contributed by atoms with Crippen molar-refractivity contribution in [1.82, 2.24) is 10.3 Å². The first-order chi connectivity index (χ1) is 10.0. The molecule has 0 fully saturated rings. The van der Waals surface area contributed by atoms with Crippen molar-refractivity contribution in [2.75, 3.05) is 13.7 Å². The average molecular weight is 316 g/mol. The van der Waals surface area contributed by atoms with Crippen LogP contribution in [0.4, 0.5) is 13.2 Å². The van der Waals surface area contributed by atoms with Gasteiger partial charge < -0.3 is 10.1 Å². The molecule has 0 saturated heterocycles. The normalized spacial score (nSPS) is 13.1. The number of nitrogens with one attached hydrogen (secondary N) is 1. The van der Waals surface area contributed by atoms with Gasteiger partial charge in [0.15, 0.2) is 5.01 Å². The molecule has 0 amide bonds. The lowest BCUT2D eigenvalue weighted by molar-refractivity contribution is -0.137. The van der Waals surface area contributed by atoms with E-state index in [0.717, 1.165) is 5.75 Å². The minimum absolute atomic E-state index is 0.206. The Morgan fingerprint density at radius 3 is 2.57 bits per heavy atom. The van der Waals surface area contributed by atoms with Crippen LogP contribution in [-0.2, 0) is 6.18 Å². The third kappa shape index (κ3) is 4.44. The zero-order valence-electron chi connectivity index (χ0n) is 11.4. The molecule has 7 heteroatoms. The first kappa shape index (κ1) is 15.8. The summed E-state index contributed by atoms with van der Waals surface area (Å²) in [5.74, 6) is 0.743. The second-order valence-electron chi connectivity index (χ2n) is 4.36. The van der Waals surface area contributed by atoms with Crippen molar-refractivity contribution in [2.45, 2.75) is 18.6 Å².